The fraction of sp³-hybridized carbons (Fsp3) is 0.200. The maximum atomic E-state index is 12.2. The van der Waals surface area contributed by atoms with Gasteiger partial charge >= 0.3 is 0 Å². The number of amides is 1. The number of nitrogens with zero attached hydrogens (tertiary/aromatic N) is 2. The molecule has 1 heterocycles. The summed E-state index contributed by atoms with van der Waals surface area (Å²) in [6.07, 6.45) is 6.18. The first-order valence-corrected chi connectivity index (χ1v) is 8.22. The molecule has 3 rings (SSSR count). The third-order valence-electron chi connectivity index (χ3n) is 3.85. The van der Waals surface area contributed by atoms with Crippen molar-refractivity contribution in [2.75, 3.05) is 5.32 Å². The molecule has 24 heavy (non-hydrogen) atoms. The van der Waals surface area contributed by atoms with Gasteiger partial charge in [-0.25, -0.2) is 4.68 Å². The van der Waals surface area contributed by atoms with Crippen LogP contribution in [-0.2, 0) is 17.6 Å². The minimum Gasteiger partial charge on any atom is -0.326 e. The molecule has 1 N–H and O–H groups in total. The smallest absolute Gasteiger partial charge is 0.228 e. The molecule has 3 aromatic rings. The fourth-order valence-corrected chi connectivity index (χ4v) is 2.62. The van der Waals surface area contributed by atoms with Crippen molar-refractivity contribution < 1.29 is 4.79 Å². The van der Waals surface area contributed by atoms with E-state index in [4.69, 9.17) is 0 Å². The number of aromatic nitrogens is 2. The van der Waals surface area contributed by atoms with E-state index >= 15 is 0 Å². The van der Waals surface area contributed by atoms with Crippen molar-refractivity contribution in [3.8, 4) is 5.69 Å². The molecule has 122 valence electrons. The molecule has 0 aliphatic rings. The van der Waals surface area contributed by atoms with Crippen molar-refractivity contribution in [1.82, 2.24) is 9.78 Å². The maximum absolute atomic E-state index is 12.2. The second-order valence-electron chi connectivity index (χ2n) is 5.79. The number of hydrogen-bond donors (Lipinski definition) is 1. The van der Waals surface area contributed by atoms with Gasteiger partial charge in [0.1, 0.15) is 0 Å². The van der Waals surface area contributed by atoms with Crippen molar-refractivity contribution in [3.05, 3.63) is 78.1 Å². The third kappa shape index (κ3) is 4.10. The highest BCUT2D eigenvalue weighted by Crippen LogP contribution is 2.13. The van der Waals surface area contributed by atoms with Gasteiger partial charge in [0.05, 0.1) is 12.1 Å². The Morgan fingerprint density at radius 2 is 1.75 bits per heavy atom. The molecule has 0 spiro atoms. The Kier molecular flexibility index (Phi) is 5.06. The summed E-state index contributed by atoms with van der Waals surface area (Å²) < 4.78 is 1.79. The molecule has 1 aromatic heterocycles. The number of anilines is 1. The zero-order chi connectivity index (χ0) is 16.8. The number of rotatable bonds is 6. The van der Waals surface area contributed by atoms with Gasteiger partial charge < -0.3 is 5.32 Å². The Hall–Kier alpha value is -2.88. The van der Waals surface area contributed by atoms with E-state index in [1.807, 2.05) is 48.7 Å². The number of benzene rings is 2. The number of hydrogen-bond acceptors (Lipinski definition) is 2. The lowest BCUT2D eigenvalue weighted by atomic mass is 10.1. The molecule has 0 saturated carbocycles. The third-order valence-corrected chi connectivity index (χ3v) is 3.85. The minimum absolute atomic E-state index is 0.00918. The lowest BCUT2D eigenvalue weighted by molar-refractivity contribution is -0.115. The van der Waals surface area contributed by atoms with Crippen LogP contribution in [0.5, 0.6) is 0 Å². The van der Waals surface area contributed by atoms with Gasteiger partial charge in [0.25, 0.3) is 0 Å². The fourth-order valence-electron chi connectivity index (χ4n) is 2.62. The van der Waals surface area contributed by atoms with E-state index < -0.39 is 0 Å². The van der Waals surface area contributed by atoms with Crippen molar-refractivity contribution in [2.45, 2.75) is 26.2 Å². The van der Waals surface area contributed by atoms with Crippen LogP contribution in [0, 0.1) is 0 Å². The highest BCUT2D eigenvalue weighted by atomic mass is 16.1. The first kappa shape index (κ1) is 16.0. The summed E-state index contributed by atoms with van der Waals surface area (Å²) in [7, 11) is 0. The predicted octanol–water partition coefficient (Wildman–Crippen LogP) is 4.01. The highest BCUT2D eigenvalue weighted by molar-refractivity contribution is 5.92. The summed E-state index contributed by atoms with van der Waals surface area (Å²) in [6, 6.07) is 17.8. The molecule has 0 bridgehead atoms. The second-order valence-corrected chi connectivity index (χ2v) is 5.79. The van der Waals surface area contributed by atoms with Crippen LogP contribution in [0.4, 0.5) is 5.69 Å². The number of aryl methyl sites for hydroxylation is 1. The molecule has 0 radical (unpaired) electrons. The summed E-state index contributed by atoms with van der Waals surface area (Å²) in [6.45, 7) is 2.16. The van der Waals surface area contributed by atoms with E-state index in [2.05, 4.69) is 29.5 Å². The van der Waals surface area contributed by atoms with Crippen molar-refractivity contribution in [3.63, 3.8) is 0 Å². The lowest BCUT2D eigenvalue weighted by Crippen LogP contribution is -2.14. The largest absolute Gasteiger partial charge is 0.326 e. The summed E-state index contributed by atoms with van der Waals surface area (Å²) in [5, 5.41) is 7.14. The van der Waals surface area contributed by atoms with Crippen LogP contribution >= 0.6 is 0 Å². The van der Waals surface area contributed by atoms with E-state index in [9.17, 15) is 4.79 Å². The van der Waals surface area contributed by atoms with Crippen molar-refractivity contribution in [1.29, 1.82) is 0 Å². The normalized spacial score (nSPS) is 10.5. The van der Waals surface area contributed by atoms with E-state index in [0.29, 0.717) is 6.42 Å². The quantitative estimate of drug-likeness (QED) is 0.746. The number of carbonyl (C=O) groups is 1. The molecule has 0 aliphatic carbocycles. The lowest BCUT2D eigenvalue weighted by Gasteiger charge is -2.07. The molecule has 1 amide bonds. The van der Waals surface area contributed by atoms with Crippen LogP contribution in [0.2, 0.25) is 0 Å². The van der Waals surface area contributed by atoms with Crippen molar-refractivity contribution in [2.24, 2.45) is 0 Å². The maximum Gasteiger partial charge on any atom is 0.228 e. The van der Waals surface area contributed by atoms with Gasteiger partial charge in [-0.15, -0.1) is 0 Å². The molecule has 0 aliphatic heterocycles. The van der Waals surface area contributed by atoms with Gasteiger partial charge in [0, 0.05) is 18.1 Å². The molecule has 0 saturated heterocycles. The Balaban J connectivity index is 1.58. The van der Waals surface area contributed by atoms with Gasteiger partial charge in [-0.05, 0) is 47.9 Å². The molecule has 4 heteroatoms. The van der Waals surface area contributed by atoms with Gasteiger partial charge in [0.2, 0.25) is 5.91 Å². The first-order valence-electron chi connectivity index (χ1n) is 8.22. The van der Waals surface area contributed by atoms with Gasteiger partial charge in [-0.2, -0.15) is 5.10 Å². The predicted molar refractivity (Wildman–Crippen MR) is 96.3 cm³/mol. The second kappa shape index (κ2) is 7.59. The molecule has 0 atom stereocenters. The monoisotopic (exact) mass is 319 g/mol. The van der Waals surface area contributed by atoms with Crippen LogP contribution in [0.1, 0.15) is 24.5 Å². The van der Waals surface area contributed by atoms with Crippen LogP contribution in [0.15, 0.2) is 67.0 Å². The number of nitrogens with one attached hydrogen (secondary N) is 1. The zero-order valence-electron chi connectivity index (χ0n) is 13.8. The molecule has 0 unspecified atom stereocenters. The summed E-state index contributed by atoms with van der Waals surface area (Å²) in [5.41, 5.74) is 4.10. The SMILES string of the molecule is CCCc1ccc(NC(=O)Cc2ccc(-n3cccn3)cc2)cc1. The molecule has 2 aromatic carbocycles. The Bertz CT molecular complexity index is 775. The summed E-state index contributed by atoms with van der Waals surface area (Å²) in [5.74, 6) is -0.00918. The topological polar surface area (TPSA) is 46.9 Å². The van der Waals surface area contributed by atoms with Gasteiger partial charge in [-0.1, -0.05) is 37.6 Å². The molecule has 0 fully saturated rings. The van der Waals surface area contributed by atoms with Crippen LogP contribution in [-0.4, -0.2) is 15.7 Å². The van der Waals surface area contributed by atoms with E-state index in [0.717, 1.165) is 29.8 Å². The van der Waals surface area contributed by atoms with Crippen LogP contribution < -0.4 is 5.32 Å². The average molecular weight is 319 g/mol. The summed E-state index contributed by atoms with van der Waals surface area (Å²) >= 11 is 0. The highest BCUT2D eigenvalue weighted by Gasteiger charge is 2.05. The first-order chi connectivity index (χ1) is 11.7. The van der Waals surface area contributed by atoms with Crippen LogP contribution in [0.3, 0.4) is 0 Å². The average Bonchev–Trinajstić information content (AvgIpc) is 3.12. The molecular weight excluding hydrogens is 298 g/mol. The van der Waals surface area contributed by atoms with E-state index in [1.54, 1.807) is 10.9 Å². The number of carbonyl (C=O) groups excluding carboxylic acids is 1. The Morgan fingerprint density at radius 1 is 1.04 bits per heavy atom. The standard InChI is InChI=1S/C20H21N3O/c1-2-4-16-5-9-18(10-6-16)22-20(24)15-17-7-11-19(12-8-17)23-14-3-13-21-23/h3,5-14H,2,4,15H2,1H3,(H,22,24). The van der Waals surface area contributed by atoms with E-state index in [1.165, 1.54) is 5.56 Å². The van der Waals surface area contributed by atoms with Gasteiger partial charge in [0.15, 0.2) is 0 Å². The molecule has 4 nitrogen and oxygen atoms in total. The molecular formula is C20H21N3O. The van der Waals surface area contributed by atoms with Crippen LogP contribution in [0.25, 0.3) is 5.69 Å². The summed E-state index contributed by atoms with van der Waals surface area (Å²) in [4.78, 5) is 12.2. The Morgan fingerprint density at radius 3 is 2.38 bits per heavy atom. The Labute approximate surface area is 142 Å². The zero-order valence-corrected chi connectivity index (χ0v) is 13.8. The van der Waals surface area contributed by atoms with E-state index in [-0.39, 0.29) is 5.91 Å². The minimum atomic E-state index is -0.00918. The van der Waals surface area contributed by atoms with Gasteiger partial charge in [-0.3, -0.25) is 4.79 Å². The van der Waals surface area contributed by atoms with Crippen molar-refractivity contribution >= 4 is 11.6 Å².